The van der Waals surface area contributed by atoms with E-state index in [4.69, 9.17) is 0 Å². The summed E-state index contributed by atoms with van der Waals surface area (Å²) in [5, 5.41) is 14.6. The number of hydrogen-bond donors (Lipinski definition) is 5. The average molecular weight is 738 g/mol. The standard InChI is InChI=1S/C34H33F2N7O8S/c1-17-16-42(5)33(49)43(30(17)45)27-9-6-18(15-37-27)10-26(31(46)47)40-29(44)21-13-23(36)25(14-22(21)35)41-52(50,51)28-12-19-11-20(7-8-24(19)39-28)38-32(48)34(2,3)4/h6-9,11-16,26,39,41H,10H2,1-5H3,(H,38,48)(H,40,44)(H,46,47)/t26-/m0/s1. The molecular formula is C34H33F2N7O8S. The number of H-pyrrole nitrogens is 1. The van der Waals surface area contributed by atoms with E-state index in [0.29, 0.717) is 28.7 Å². The predicted molar refractivity (Wildman–Crippen MR) is 186 cm³/mol. The maximum atomic E-state index is 15.1. The highest BCUT2D eigenvalue weighted by Crippen LogP contribution is 2.27. The van der Waals surface area contributed by atoms with E-state index < -0.39 is 72.5 Å². The van der Waals surface area contributed by atoms with Crippen LogP contribution in [0.4, 0.5) is 20.2 Å². The van der Waals surface area contributed by atoms with Crippen LogP contribution in [0.2, 0.25) is 0 Å². The molecule has 15 nitrogen and oxygen atoms in total. The van der Waals surface area contributed by atoms with Gasteiger partial charge in [0.2, 0.25) is 5.91 Å². The molecule has 2 amide bonds. The summed E-state index contributed by atoms with van der Waals surface area (Å²) in [6.45, 7) is 6.71. The van der Waals surface area contributed by atoms with E-state index in [9.17, 15) is 37.5 Å². The van der Waals surface area contributed by atoms with Gasteiger partial charge in [0, 0.05) is 59.5 Å². The third-order valence-corrected chi connectivity index (χ3v) is 9.16. The van der Waals surface area contributed by atoms with E-state index in [-0.39, 0.29) is 29.3 Å². The number of nitrogens with one attached hydrogen (secondary N) is 4. The number of aromatic nitrogens is 4. The molecule has 0 aliphatic heterocycles. The number of anilines is 2. The van der Waals surface area contributed by atoms with E-state index in [1.165, 1.54) is 61.3 Å². The molecule has 5 N–H and O–H groups in total. The van der Waals surface area contributed by atoms with Crippen molar-refractivity contribution in [2.24, 2.45) is 12.5 Å². The molecule has 272 valence electrons. The molecule has 0 saturated heterocycles. The molecule has 52 heavy (non-hydrogen) atoms. The first-order chi connectivity index (χ1) is 24.2. The number of carboxylic acid groups (broad SMARTS) is 1. The van der Waals surface area contributed by atoms with E-state index in [2.05, 4.69) is 20.6 Å². The summed E-state index contributed by atoms with van der Waals surface area (Å²) in [4.78, 5) is 69.1. The van der Waals surface area contributed by atoms with Crippen LogP contribution < -0.4 is 26.6 Å². The van der Waals surface area contributed by atoms with Crippen molar-refractivity contribution in [3.05, 3.63) is 110 Å². The number of pyridine rings is 1. The Bertz CT molecular complexity index is 2450. The van der Waals surface area contributed by atoms with Crippen molar-refractivity contribution in [3.8, 4) is 5.82 Å². The number of halogens is 2. The monoisotopic (exact) mass is 737 g/mol. The number of fused-ring (bicyclic) bond motifs is 1. The van der Waals surface area contributed by atoms with Crippen molar-refractivity contribution in [2.45, 2.75) is 45.2 Å². The van der Waals surface area contributed by atoms with Gasteiger partial charge in [0.15, 0.2) is 5.03 Å². The molecule has 3 aromatic heterocycles. The SMILES string of the molecule is Cc1cn(C)c(=O)n(-c2ccc(C[C@H](NC(=O)c3cc(F)c(NS(=O)(=O)c4cc5cc(NC(=O)C(C)(C)C)ccc5[nH]4)cc3F)C(=O)O)cn2)c1=O. The van der Waals surface area contributed by atoms with Gasteiger partial charge in [0.25, 0.3) is 21.5 Å². The van der Waals surface area contributed by atoms with E-state index in [0.717, 1.165) is 4.57 Å². The molecule has 5 rings (SSSR count). The lowest BCUT2D eigenvalue weighted by Gasteiger charge is -2.17. The fourth-order valence-electron chi connectivity index (χ4n) is 5.01. The van der Waals surface area contributed by atoms with Crippen LogP contribution in [0.3, 0.4) is 0 Å². The Morgan fingerprint density at radius 1 is 1.02 bits per heavy atom. The van der Waals surface area contributed by atoms with Crippen molar-refractivity contribution in [1.29, 1.82) is 0 Å². The molecule has 0 saturated carbocycles. The predicted octanol–water partition coefficient (Wildman–Crippen LogP) is 3.21. The normalized spacial score (nSPS) is 12.4. The Morgan fingerprint density at radius 2 is 1.73 bits per heavy atom. The Morgan fingerprint density at radius 3 is 2.37 bits per heavy atom. The third-order valence-electron chi connectivity index (χ3n) is 7.87. The minimum atomic E-state index is -4.52. The van der Waals surface area contributed by atoms with E-state index >= 15 is 8.78 Å². The van der Waals surface area contributed by atoms with Gasteiger partial charge in [-0.25, -0.2) is 27.9 Å². The van der Waals surface area contributed by atoms with Crippen LogP contribution in [0.15, 0.2) is 75.5 Å². The highest BCUT2D eigenvalue weighted by Gasteiger charge is 2.27. The van der Waals surface area contributed by atoms with Crippen LogP contribution in [-0.4, -0.2) is 56.5 Å². The first-order valence-electron chi connectivity index (χ1n) is 15.5. The molecule has 18 heteroatoms. The minimum absolute atomic E-state index is 0.0255. The number of amides is 2. The van der Waals surface area contributed by atoms with Crippen LogP contribution in [0.1, 0.15) is 42.3 Å². The van der Waals surface area contributed by atoms with Crippen molar-refractivity contribution >= 4 is 50.1 Å². The quantitative estimate of drug-likeness (QED) is 0.142. The fraction of sp³-hybridized carbons (Fsp3) is 0.235. The summed E-state index contributed by atoms with van der Waals surface area (Å²) in [5.41, 5.74) is -2.33. The van der Waals surface area contributed by atoms with E-state index in [1.54, 1.807) is 26.8 Å². The van der Waals surface area contributed by atoms with Crippen molar-refractivity contribution in [1.82, 2.24) is 24.4 Å². The molecule has 0 aliphatic rings. The number of nitrogens with zero attached hydrogens (tertiary/aromatic N) is 3. The highest BCUT2D eigenvalue weighted by atomic mass is 32.2. The molecule has 5 aromatic rings. The summed E-state index contributed by atoms with van der Waals surface area (Å²) in [6.07, 6.45) is 2.20. The zero-order valence-corrected chi connectivity index (χ0v) is 29.2. The molecule has 0 fully saturated rings. The van der Waals surface area contributed by atoms with Gasteiger partial charge in [0.05, 0.1) is 11.3 Å². The number of sulfonamides is 1. The second-order valence-electron chi connectivity index (χ2n) is 13.0. The Kier molecular flexibility index (Phi) is 9.89. The third kappa shape index (κ3) is 7.75. The van der Waals surface area contributed by atoms with Crippen LogP contribution in [0.5, 0.6) is 0 Å². The fourth-order valence-corrected chi connectivity index (χ4v) is 6.09. The average Bonchev–Trinajstić information content (AvgIpc) is 3.50. The van der Waals surface area contributed by atoms with Gasteiger partial charge in [-0.05, 0) is 48.9 Å². The topological polar surface area (TPSA) is 214 Å². The molecular weight excluding hydrogens is 704 g/mol. The second kappa shape index (κ2) is 13.9. The number of hydrogen-bond acceptors (Lipinski definition) is 8. The van der Waals surface area contributed by atoms with Gasteiger partial charge in [0.1, 0.15) is 23.5 Å². The first kappa shape index (κ1) is 37.1. The first-order valence-corrected chi connectivity index (χ1v) is 17.0. The van der Waals surface area contributed by atoms with Crippen LogP contribution >= 0.6 is 0 Å². The largest absolute Gasteiger partial charge is 0.480 e. The molecule has 3 heterocycles. The molecule has 0 aliphatic carbocycles. The van der Waals surface area contributed by atoms with Crippen molar-refractivity contribution in [2.75, 3.05) is 10.0 Å². The summed E-state index contributed by atoms with van der Waals surface area (Å²) in [7, 11) is -3.06. The van der Waals surface area contributed by atoms with Gasteiger partial charge in [-0.3, -0.25) is 19.1 Å². The van der Waals surface area contributed by atoms with Gasteiger partial charge in [-0.15, -0.1) is 0 Å². The molecule has 0 spiro atoms. The minimum Gasteiger partial charge on any atom is -0.480 e. The van der Waals surface area contributed by atoms with Crippen LogP contribution in [0.25, 0.3) is 16.7 Å². The number of aryl methyl sites for hydroxylation is 2. The number of benzene rings is 2. The summed E-state index contributed by atoms with van der Waals surface area (Å²) in [6, 6.07) is 7.79. The van der Waals surface area contributed by atoms with Crippen LogP contribution in [0, 0.1) is 24.0 Å². The summed E-state index contributed by atoms with van der Waals surface area (Å²) >= 11 is 0. The smallest absolute Gasteiger partial charge is 0.336 e. The van der Waals surface area contributed by atoms with Crippen LogP contribution in [-0.2, 0) is 33.1 Å². The molecule has 0 radical (unpaired) electrons. The molecule has 0 bridgehead atoms. The summed E-state index contributed by atoms with van der Waals surface area (Å²) in [5.74, 6) is -5.80. The molecule has 0 unspecified atom stereocenters. The Balaban J connectivity index is 1.30. The van der Waals surface area contributed by atoms with Gasteiger partial charge < -0.3 is 25.3 Å². The Labute approximate surface area is 294 Å². The molecule has 1 atom stereocenters. The molecule has 2 aromatic carbocycles. The van der Waals surface area contributed by atoms with Gasteiger partial charge in [-0.2, -0.15) is 8.42 Å². The summed E-state index contributed by atoms with van der Waals surface area (Å²) < 4.78 is 60.5. The lowest BCUT2D eigenvalue weighted by Crippen LogP contribution is -2.42. The zero-order chi connectivity index (χ0) is 38.3. The maximum absolute atomic E-state index is 15.1. The number of rotatable bonds is 10. The number of carbonyl (C=O) groups excluding carboxylic acids is 2. The number of carbonyl (C=O) groups is 3. The van der Waals surface area contributed by atoms with Crippen molar-refractivity contribution in [3.63, 3.8) is 0 Å². The van der Waals surface area contributed by atoms with Gasteiger partial charge in [-0.1, -0.05) is 26.8 Å². The lowest BCUT2D eigenvalue weighted by atomic mass is 9.95. The lowest BCUT2D eigenvalue weighted by molar-refractivity contribution is -0.139. The number of aromatic amines is 1. The van der Waals surface area contributed by atoms with Crippen molar-refractivity contribution < 1.29 is 36.7 Å². The maximum Gasteiger partial charge on any atom is 0.336 e. The number of carboxylic acids is 1. The highest BCUT2D eigenvalue weighted by molar-refractivity contribution is 7.92. The number of aliphatic carboxylic acids is 1. The Hall–Kier alpha value is -6.17. The van der Waals surface area contributed by atoms with Gasteiger partial charge >= 0.3 is 11.7 Å². The second-order valence-corrected chi connectivity index (χ2v) is 14.6. The van der Waals surface area contributed by atoms with E-state index in [1.807, 2.05) is 4.72 Å². The zero-order valence-electron chi connectivity index (χ0n) is 28.4.